The molecule has 1 rings (SSSR count). The molecule has 6 heteroatoms. The molecule has 0 N–H and O–H groups in total. The van der Waals surface area contributed by atoms with E-state index in [0.717, 1.165) is 6.26 Å². The summed E-state index contributed by atoms with van der Waals surface area (Å²) in [6.45, 7) is 0.490. The molecule has 5 nitrogen and oxygen atoms in total. The Morgan fingerprint density at radius 1 is 1.50 bits per heavy atom. The van der Waals surface area contributed by atoms with Crippen molar-refractivity contribution in [1.29, 1.82) is 0 Å². The van der Waals surface area contributed by atoms with Crippen LogP contribution in [0.4, 0.5) is 0 Å². The van der Waals surface area contributed by atoms with Crippen molar-refractivity contribution in [3.8, 4) is 0 Å². The largest absolute Gasteiger partial charge is 0.469 e. The predicted octanol–water partition coefficient (Wildman–Crippen LogP) is -0.391. The first-order chi connectivity index (χ1) is 6.46. The van der Waals surface area contributed by atoms with E-state index < -0.39 is 27.0 Å². The minimum atomic E-state index is -3.26. The Morgan fingerprint density at radius 2 is 2.14 bits per heavy atom. The Balaban J connectivity index is 2.85. The highest BCUT2D eigenvalue weighted by atomic mass is 32.2. The lowest BCUT2D eigenvalue weighted by molar-refractivity contribution is -0.148. The Hall–Kier alpha value is -0.620. The summed E-state index contributed by atoms with van der Waals surface area (Å²) < 4.78 is 32.3. The van der Waals surface area contributed by atoms with Gasteiger partial charge in [-0.25, -0.2) is 8.42 Å². The third-order valence-electron chi connectivity index (χ3n) is 2.36. The number of methoxy groups -OCH3 is 1. The SMILES string of the molecule is COC(=O)C1CCOCC1S(C)(=O)=O. The topological polar surface area (TPSA) is 69.7 Å². The average Bonchev–Trinajstić information content (AvgIpc) is 2.15. The zero-order valence-corrected chi connectivity index (χ0v) is 9.04. The van der Waals surface area contributed by atoms with E-state index in [4.69, 9.17) is 4.74 Å². The molecule has 0 radical (unpaired) electrons. The van der Waals surface area contributed by atoms with E-state index in [1.807, 2.05) is 0 Å². The van der Waals surface area contributed by atoms with Gasteiger partial charge in [0.1, 0.15) is 0 Å². The molecule has 2 unspecified atom stereocenters. The molecule has 0 saturated carbocycles. The summed E-state index contributed by atoms with van der Waals surface area (Å²) in [5, 5.41) is -0.760. The monoisotopic (exact) mass is 222 g/mol. The molecule has 1 saturated heterocycles. The lowest BCUT2D eigenvalue weighted by Crippen LogP contribution is -2.42. The van der Waals surface area contributed by atoms with Crippen LogP contribution in [0, 0.1) is 5.92 Å². The van der Waals surface area contributed by atoms with E-state index in [1.54, 1.807) is 0 Å². The van der Waals surface area contributed by atoms with Gasteiger partial charge in [-0.2, -0.15) is 0 Å². The summed E-state index contributed by atoms with van der Waals surface area (Å²) in [5.74, 6) is -1.05. The first kappa shape index (κ1) is 11.5. The normalized spacial score (nSPS) is 28.4. The third kappa shape index (κ3) is 2.45. The minimum Gasteiger partial charge on any atom is -0.469 e. The van der Waals surface area contributed by atoms with Gasteiger partial charge in [-0.1, -0.05) is 0 Å². The highest BCUT2D eigenvalue weighted by Gasteiger charge is 2.38. The smallest absolute Gasteiger partial charge is 0.310 e. The first-order valence-corrected chi connectivity index (χ1v) is 6.26. The molecule has 1 heterocycles. The molecule has 2 atom stereocenters. The van der Waals surface area contributed by atoms with Crippen LogP contribution in [0.3, 0.4) is 0 Å². The van der Waals surface area contributed by atoms with Crippen molar-refractivity contribution in [2.45, 2.75) is 11.7 Å². The van der Waals surface area contributed by atoms with Gasteiger partial charge >= 0.3 is 5.97 Å². The maximum absolute atomic E-state index is 11.3. The van der Waals surface area contributed by atoms with Gasteiger partial charge in [0, 0.05) is 12.9 Å². The van der Waals surface area contributed by atoms with Gasteiger partial charge in [-0.3, -0.25) is 4.79 Å². The fourth-order valence-electron chi connectivity index (χ4n) is 1.55. The molecule has 0 aromatic rings. The van der Waals surface area contributed by atoms with E-state index in [0.29, 0.717) is 13.0 Å². The number of hydrogen-bond acceptors (Lipinski definition) is 5. The Labute approximate surface area is 83.3 Å². The number of esters is 1. The van der Waals surface area contributed by atoms with Crippen molar-refractivity contribution in [3.05, 3.63) is 0 Å². The third-order valence-corrected chi connectivity index (χ3v) is 3.92. The van der Waals surface area contributed by atoms with Crippen molar-refractivity contribution in [1.82, 2.24) is 0 Å². The van der Waals surface area contributed by atoms with Crippen molar-refractivity contribution in [3.63, 3.8) is 0 Å². The molecule has 1 aliphatic rings. The van der Waals surface area contributed by atoms with Crippen molar-refractivity contribution < 1.29 is 22.7 Å². The molecule has 0 aliphatic carbocycles. The number of rotatable bonds is 2. The minimum absolute atomic E-state index is 0.0819. The van der Waals surface area contributed by atoms with Crippen LogP contribution in [0.2, 0.25) is 0 Å². The zero-order valence-electron chi connectivity index (χ0n) is 8.23. The van der Waals surface area contributed by atoms with Gasteiger partial charge in [0.15, 0.2) is 9.84 Å². The van der Waals surface area contributed by atoms with Gasteiger partial charge in [0.05, 0.1) is 24.9 Å². The quantitative estimate of drug-likeness (QED) is 0.595. The lowest BCUT2D eigenvalue weighted by atomic mass is 10.0. The molecular formula is C8H14O5S. The fourth-order valence-corrected chi connectivity index (χ4v) is 2.74. The average molecular weight is 222 g/mol. The van der Waals surface area contributed by atoms with Crippen LogP contribution in [0.25, 0.3) is 0 Å². The first-order valence-electron chi connectivity index (χ1n) is 4.31. The van der Waals surface area contributed by atoms with Gasteiger partial charge in [-0.05, 0) is 6.42 Å². The summed E-state index contributed by atoms with van der Waals surface area (Å²) in [6.07, 6.45) is 1.52. The van der Waals surface area contributed by atoms with Crippen molar-refractivity contribution in [2.75, 3.05) is 26.6 Å². The van der Waals surface area contributed by atoms with Crippen LogP contribution in [0.15, 0.2) is 0 Å². The van der Waals surface area contributed by atoms with Crippen LogP contribution in [-0.2, 0) is 24.1 Å². The van der Waals surface area contributed by atoms with E-state index in [9.17, 15) is 13.2 Å². The summed E-state index contributed by atoms with van der Waals surface area (Å²) in [4.78, 5) is 11.3. The van der Waals surface area contributed by atoms with Gasteiger partial charge in [0.25, 0.3) is 0 Å². The Kier molecular flexibility index (Phi) is 3.49. The van der Waals surface area contributed by atoms with E-state index in [1.165, 1.54) is 7.11 Å². The maximum atomic E-state index is 11.3. The highest BCUT2D eigenvalue weighted by molar-refractivity contribution is 7.91. The predicted molar refractivity (Wildman–Crippen MR) is 49.6 cm³/mol. The summed E-state index contributed by atoms with van der Waals surface area (Å²) in [6, 6.07) is 0. The van der Waals surface area contributed by atoms with Gasteiger partial charge in [0.2, 0.25) is 0 Å². The zero-order chi connectivity index (χ0) is 10.8. The molecule has 1 aliphatic heterocycles. The molecule has 0 amide bonds. The van der Waals surface area contributed by atoms with Crippen LogP contribution in [0.5, 0.6) is 0 Å². The molecule has 14 heavy (non-hydrogen) atoms. The summed E-state index contributed by atoms with van der Waals surface area (Å²) in [7, 11) is -1.99. The van der Waals surface area contributed by atoms with Crippen molar-refractivity contribution in [2.24, 2.45) is 5.92 Å². The molecular weight excluding hydrogens is 208 g/mol. The maximum Gasteiger partial charge on any atom is 0.310 e. The fraction of sp³-hybridized carbons (Fsp3) is 0.875. The summed E-state index contributed by atoms with van der Waals surface area (Å²) in [5.41, 5.74) is 0. The number of ether oxygens (including phenoxy) is 2. The van der Waals surface area contributed by atoms with E-state index in [2.05, 4.69) is 4.74 Å². The van der Waals surface area contributed by atoms with Crippen LogP contribution < -0.4 is 0 Å². The molecule has 0 spiro atoms. The number of sulfone groups is 1. The van der Waals surface area contributed by atoms with Crippen LogP contribution >= 0.6 is 0 Å². The molecule has 1 fully saturated rings. The molecule has 0 aromatic heterocycles. The number of carbonyl (C=O) groups is 1. The molecule has 82 valence electrons. The standard InChI is InChI=1S/C8H14O5S/c1-12-8(9)6-3-4-13-5-7(6)14(2,10)11/h6-7H,3-5H2,1-2H3. The second-order valence-electron chi connectivity index (χ2n) is 3.36. The highest BCUT2D eigenvalue weighted by Crippen LogP contribution is 2.22. The molecule has 0 aromatic carbocycles. The lowest BCUT2D eigenvalue weighted by Gasteiger charge is -2.27. The van der Waals surface area contributed by atoms with E-state index >= 15 is 0 Å². The van der Waals surface area contributed by atoms with E-state index in [-0.39, 0.29) is 6.61 Å². The Morgan fingerprint density at radius 3 is 2.64 bits per heavy atom. The van der Waals surface area contributed by atoms with Gasteiger partial charge < -0.3 is 9.47 Å². The Bertz CT molecular complexity index is 308. The van der Waals surface area contributed by atoms with Gasteiger partial charge in [-0.15, -0.1) is 0 Å². The second kappa shape index (κ2) is 4.27. The number of carbonyl (C=O) groups excluding carboxylic acids is 1. The second-order valence-corrected chi connectivity index (χ2v) is 5.63. The molecule has 0 bridgehead atoms. The summed E-state index contributed by atoms with van der Waals surface area (Å²) >= 11 is 0. The van der Waals surface area contributed by atoms with Crippen molar-refractivity contribution >= 4 is 15.8 Å². The number of hydrogen-bond donors (Lipinski definition) is 0. The van der Waals surface area contributed by atoms with Crippen LogP contribution in [-0.4, -0.2) is 46.2 Å². The van der Waals surface area contributed by atoms with Crippen LogP contribution in [0.1, 0.15) is 6.42 Å².